The summed E-state index contributed by atoms with van der Waals surface area (Å²) in [5, 5.41) is 0. The maximum absolute atomic E-state index is 11.6. The summed E-state index contributed by atoms with van der Waals surface area (Å²) in [5.41, 5.74) is 5.35. The van der Waals surface area contributed by atoms with Gasteiger partial charge in [0.15, 0.2) is 0 Å². The van der Waals surface area contributed by atoms with Gasteiger partial charge in [0, 0.05) is 21.1 Å². The lowest BCUT2D eigenvalue weighted by Crippen LogP contribution is -2.42. The highest BCUT2D eigenvalue weighted by Gasteiger charge is 2.21. The molecule has 0 radical (unpaired) electrons. The number of nitrogens with zero attached hydrogens (tertiary/aromatic N) is 2. The smallest absolute Gasteiger partial charge is 0.241 e. The van der Waals surface area contributed by atoms with Gasteiger partial charge in [0.25, 0.3) is 0 Å². The Labute approximate surface area is 95.2 Å². The maximum Gasteiger partial charge on any atom is 0.241 e. The van der Waals surface area contributed by atoms with Crippen LogP contribution in [0.4, 0.5) is 0 Å². The highest BCUT2D eigenvalue weighted by Crippen LogP contribution is 2.01. The van der Waals surface area contributed by atoms with E-state index in [-0.39, 0.29) is 23.3 Å². The lowest BCUT2D eigenvalue weighted by Gasteiger charge is -2.21. The van der Waals surface area contributed by atoms with Crippen molar-refractivity contribution in [2.75, 3.05) is 27.7 Å². The van der Waals surface area contributed by atoms with Crippen molar-refractivity contribution in [2.45, 2.75) is 6.92 Å². The SMILES string of the molecule is CC(C(=O)N(C)CC(=O)N(C)C)C(N)=S. The number of amides is 2. The minimum Gasteiger partial charge on any atom is -0.393 e. The number of nitrogens with two attached hydrogens (primary N) is 1. The first-order valence-corrected chi connectivity index (χ1v) is 4.92. The molecule has 0 aliphatic rings. The molecular weight excluding hydrogens is 214 g/mol. The van der Waals surface area contributed by atoms with Crippen LogP contribution < -0.4 is 5.73 Å². The molecule has 0 heterocycles. The van der Waals surface area contributed by atoms with Crippen molar-refractivity contribution in [2.24, 2.45) is 11.7 Å². The topological polar surface area (TPSA) is 66.6 Å². The van der Waals surface area contributed by atoms with E-state index in [1.807, 2.05) is 0 Å². The van der Waals surface area contributed by atoms with E-state index in [1.165, 1.54) is 9.80 Å². The number of carbonyl (C=O) groups excluding carboxylic acids is 2. The molecule has 5 nitrogen and oxygen atoms in total. The van der Waals surface area contributed by atoms with Gasteiger partial charge in [-0.05, 0) is 6.92 Å². The van der Waals surface area contributed by atoms with Crippen LogP contribution in [0.15, 0.2) is 0 Å². The fourth-order valence-corrected chi connectivity index (χ4v) is 0.975. The minimum absolute atomic E-state index is 0.0405. The van der Waals surface area contributed by atoms with Gasteiger partial charge in [-0.2, -0.15) is 0 Å². The Morgan fingerprint density at radius 3 is 2.13 bits per heavy atom. The van der Waals surface area contributed by atoms with E-state index in [2.05, 4.69) is 0 Å². The van der Waals surface area contributed by atoms with Crippen molar-refractivity contribution in [3.8, 4) is 0 Å². The molecule has 86 valence electrons. The molecule has 0 aromatic heterocycles. The molecule has 0 saturated heterocycles. The van der Waals surface area contributed by atoms with Crippen LogP contribution in [0.3, 0.4) is 0 Å². The molecule has 0 aromatic rings. The van der Waals surface area contributed by atoms with Crippen molar-refractivity contribution < 1.29 is 9.59 Å². The van der Waals surface area contributed by atoms with Crippen LogP contribution in [-0.4, -0.2) is 54.3 Å². The summed E-state index contributed by atoms with van der Waals surface area (Å²) in [6.07, 6.45) is 0. The van der Waals surface area contributed by atoms with Gasteiger partial charge in [-0.15, -0.1) is 0 Å². The summed E-state index contributed by atoms with van der Waals surface area (Å²) >= 11 is 4.71. The van der Waals surface area contributed by atoms with Gasteiger partial charge >= 0.3 is 0 Å². The van der Waals surface area contributed by atoms with Gasteiger partial charge in [0.05, 0.1) is 17.5 Å². The zero-order valence-electron chi connectivity index (χ0n) is 9.48. The third kappa shape index (κ3) is 4.24. The zero-order chi connectivity index (χ0) is 12.2. The third-order valence-corrected chi connectivity index (χ3v) is 2.40. The average Bonchev–Trinajstić information content (AvgIpc) is 2.14. The second-order valence-electron chi connectivity index (χ2n) is 3.61. The molecule has 6 heteroatoms. The van der Waals surface area contributed by atoms with Crippen LogP contribution in [0.1, 0.15) is 6.92 Å². The molecule has 0 aromatic carbocycles. The minimum atomic E-state index is -0.528. The van der Waals surface area contributed by atoms with Crippen LogP contribution in [-0.2, 0) is 9.59 Å². The molecule has 2 amide bonds. The Balaban J connectivity index is 4.34. The Morgan fingerprint density at radius 2 is 1.80 bits per heavy atom. The van der Waals surface area contributed by atoms with Gasteiger partial charge in [-0.1, -0.05) is 12.2 Å². The van der Waals surface area contributed by atoms with Gasteiger partial charge in [-0.3, -0.25) is 9.59 Å². The lowest BCUT2D eigenvalue weighted by molar-refractivity contribution is -0.138. The summed E-state index contributed by atoms with van der Waals surface area (Å²) in [6.45, 7) is 1.67. The van der Waals surface area contributed by atoms with Crippen molar-refractivity contribution >= 4 is 29.0 Å². The molecule has 0 spiro atoms. The molecule has 0 aliphatic heterocycles. The normalized spacial score (nSPS) is 11.7. The summed E-state index contributed by atoms with van der Waals surface area (Å²) in [7, 11) is 4.83. The van der Waals surface area contributed by atoms with Crippen molar-refractivity contribution in [1.29, 1.82) is 0 Å². The van der Waals surface area contributed by atoms with E-state index in [0.29, 0.717) is 0 Å². The number of likely N-dealkylation sites (N-methyl/N-ethyl adjacent to an activating group) is 2. The number of hydrogen-bond donors (Lipinski definition) is 1. The number of thiocarbonyl (C=S) groups is 1. The second kappa shape index (κ2) is 5.65. The Kier molecular flexibility index (Phi) is 5.21. The predicted octanol–water partition coefficient (Wildman–Crippen LogP) is -0.545. The van der Waals surface area contributed by atoms with E-state index in [1.54, 1.807) is 28.1 Å². The first-order chi connectivity index (χ1) is 6.77. The summed E-state index contributed by atoms with van der Waals surface area (Å²) in [6, 6.07) is 0. The van der Waals surface area contributed by atoms with Crippen LogP contribution in [0.25, 0.3) is 0 Å². The Bertz CT molecular complexity index is 279. The molecule has 2 N–H and O–H groups in total. The zero-order valence-corrected chi connectivity index (χ0v) is 10.3. The predicted molar refractivity (Wildman–Crippen MR) is 62.3 cm³/mol. The number of rotatable bonds is 4. The second-order valence-corrected chi connectivity index (χ2v) is 4.08. The molecule has 0 rings (SSSR count). The van der Waals surface area contributed by atoms with E-state index in [0.717, 1.165) is 0 Å². The molecule has 1 unspecified atom stereocenters. The largest absolute Gasteiger partial charge is 0.393 e. The highest BCUT2D eigenvalue weighted by molar-refractivity contribution is 7.80. The lowest BCUT2D eigenvalue weighted by atomic mass is 10.1. The van der Waals surface area contributed by atoms with Crippen molar-refractivity contribution in [1.82, 2.24) is 9.80 Å². The number of carbonyl (C=O) groups is 2. The summed E-state index contributed by atoms with van der Waals surface area (Å²) < 4.78 is 0. The first-order valence-electron chi connectivity index (χ1n) is 4.51. The molecule has 1 atom stereocenters. The molecule has 0 bridgehead atoms. The Hall–Kier alpha value is -1.17. The average molecular weight is 231 g/mol. The quantitative estimate of drug-likeness (QED) is 0.660. The van der Waals surface area contributed by atoms with E-state index in [9.17, 15) is 9.59 Å². The van der Waals surface area contributed by atoms with Crippen LogP contribution in [0.2, 0.25) is 0 Å². The van der Waals surface area contributed by atoms with Gasteiger partial charge < -0.3 is 15.5 Å². The molecule has 15 heavy (non-hydrogen) atoms. The first kappa shape index (κ1) is 13.8. The molecule has 0 saturated carbocycles. The molecular formula is C9H17N3O2S. The van der Waals surface area contributed by atoms with Crippen LogP contribution in [0, 0.1) is 5.92 Å². The highest BCUT2D eigenvalue weighted by atomic mass is 32.1. The van der Waals surface area contributed by atoms with E-state index < -0.39 is 5.92 Å². The van der Waals surface area contributed by atoms with E-state index >= 15 is 0 Å². The number of hydrogen-bond acceptors (Lipinski definition) is 3. The fraction of sp³-hybridized carbons (Fsp3) is 0.667. The van der Waals surface area contributed by atoms with Gasteiger partial charge in [-0.25, -0.2) is 0 Å². The van der Waals surface area contributed by atoms with E-state index in [4.69, 9.17) is 18.0 Å². The molecule has 0 fully saturated rings. The fourth-order valence-electron chi connectivity index (χ4n) is 0.875. The monoisotopic (exact) mass is 231 g/mol. The Morgan fingerprint density at radius 1 is 1.33 bits per heavy atom. The van der Waals surface area contributed by atoms with Gasteiger partial charge in [0.2, 0.25) is 11.8 Å². The summed E-state index contributed by atoms with van der Waals surface area (Å²) in [5.74, 6) is -0.904. The maximum atomic E-state index is 11.6. The van der Waals surface area contributed by atoms with Gasteiger partial charge in [0.1, 0.15) is 0 Å². The van der Waals surface area contributed by atoms with Crippen LogP contribution >= 0.6 is 12.2 Å². The molecule has 0 aliphatic carbocycles. The van der Waals surface area contributed by atoms with Crippen molar-refractivity contribution in [3.63, 3.8) is 0 Å². The standard InChI is InChI=1S/C9H17N3O2S/c1-6(8(10)15)9(14)12(4)5-7(13)11(2)3/h6H,5H2,1-4H3,(H2,10,15). The van der Waals surface area contributed by atoms with Crippen LogP contribution in [0.5, 0.6) is 0 Å². The third-order valence-electron chi connectivity index (χ3n) is 2.04. The van der Waals surface area contributed by atoms with Crippen molar-refractivity contribution in [3.05, 3.63) is 0 Å². The summed E-state index contributed by atoms with van der Waals surface area (Å²) in [4.78, 5) is 25.8.